The number of aromatic nitrogens is 3. The molecule has 0 aliphatic heterocycles. The number of hydrogen-bond acceptors (Lipinski definition) is 5. The summed E-state index contributed by atoms with van der Waals surface area (Å²) in [6, 6.07) is 18.8. The Balaban J connectivity index is 1.49. The monoisotopic (exact) mass is 485 g/mol. The quantitative estimate of drug-likeness (QED) is 0.332. The third-order valence-electron chi connectivity index (χ3n) is 5.52. The molecule has 9 heteroatoms. The van der Waals surface area contributed by atoms with Crippen LogP contribution in [-0.4, -0.2) is 26.6 Å². The second-order valence-electron chi connectivity index (χ2n) is 7.90. The molecule has 0 atom stereocenters. The molecule has 5 rings (SSSR count). The molecule has 2 amide bonds. The standard InChI is InChI=1S/C26H20ClN5O3/c1-15-23-18(14-21(22-8-5-13-35-22)28-24(23)32(2)31-15)26(34)30-20-7-4-3-6-19(20)29-25(33)16-9-11-17(27)12-10-16/h3-14H,1-2H3,(H,29,33)(H,30,34). The molecule has 3 heterocycles. The van der Waals surface area contributed by atoms with Crippen LogP contribution in [0.3, 0.4) is 0 Å². The highest BCUT2D eigenvalue weighted by molar-refractivity contribution is 6.30. The fourth-order valence-electron chi connectivity index (χ4n) is 3.86. The number of furan rings is 1. The Bertz CT molecular complexity index is 1560. The van der Waals surface area contributed by atoms with Gasteiger partial charge in [0.25, 0.3) is 11.8 Å². The molecule has 174 valence electrons. The van der Waals surface area contributed by atoms with Crippen molar-refractivity contribution >= 4 is 45.8 Å². The van der Waals surface area contributed by atoms with Crippen molar-refractivity contribution in [3.63, 3.8) is 0 Å². The maximum atomic E-state index is 13.5. The summed E-state index contributed by atoms with van der Waals surface area (Å²) in [5.74, 6) is -0.150. The molecule has 0 saturated carbocycles. The number of hydrogen-bond donors (Lipinski definition) is 2. The maximum absolute atomic E-state index is 13.5. The molecule has 0 fully saturated rings. The maximum Gasteiger partial charge on any atom is 0.256 e. The summed E-state index contributed by atoms with van der Waals surface area (Å²) in [6.07, 6.45) is 1.55. The number of fused-ring (bicyclic) bond motifs is 1. The molecule has 0 spiro atoms. The lowest BCUT2D eigenvalue weighted by Crippen LogP contribution is -2.17. The summed E-state index contributed by atoms with van der Waals surface area (Å²) < 4.78 is 7.13. The first-order chi connectivity index (χ1) is 16.9. The Labute approximate surface area is 205 Å². The first kappa shape index (κ1) is 22.4. The Morgan fingerprint density at radius 2 is 1.63 bits per heavy atom. The van der Waals surface area contributed by atoms with Crippen LogP contribution in [0.4, 0.5) is 11.4 Å². The van der Waals surface area contributed by atoms with E-state index >= 15 is 0 Å². The van der Waals surface area contributed by atoms with Crippen LogP contribution in [-0.2, 0) is 7.05 Å². The molecule has 5 aromatic rings. The Morgan fingerprint density at radius 3 is 2.29 bits per heavy atom. The van der Waals surface area contributed by atoms with Gasteiger partial charge in [0.2, 0.25) is 0 Å². The molecule has 2 aromatic carbocycles. The zero-order valence-electron chi connectivity index (χ0n) is 18.9. The second-order valence-corrected chi connectivity index (χ2v) is 8.34. The number of aryl methyl sites for hydroxylation is 2. The van der Waals surface area contributed by atoms with Crippen molar-refractivity contribution in [2.45, 2.75) is 6.92 Å². The van der Waals surface area contributed by atoms with E-state index < -0.39 is 0 Å². The van der Waals surface area contributed by atoms with Crippen molar-refractivity contribution < 1.29 is 14.0 Å². The lowest BCUT2D eigenvalue weighted by atomic mass is 10.1. The van der Waals surface area contributed by atoms with Gasteiger partial charge in [-0.15, -0.1) is 0 Å². The van der Waals surface area contributed by atoms with Gasteiger partial charge >= 0.3 is 0 Å². The summed E-state index contributed by atoms with van der Waals surface area (Å²) in [5, 5.41) is 11.4. The van der Waals surface area contributed by atoms with E-state index in [2.05, 4.69) is 20.7 Å². The van der Waals surface area contributed by atoms with Crippen molar-refractivity contribution in [1.82, 2.24) is 14.8 Å². The minimum Gasteiger partial charge on any atom is -0.463 e. The number of pyridine rings is 1. The van der Waals surface area contributed by atoms with Crippen molar-refractivity contribution in [3.8, 4) is 11.5 Å². The van der Waals surface area contributed by atoms with E-state index in [-0.39, 0.29) is 11.8 Å². The number of carbonyl (C=O) groups excluding carboxylic acids is 2. The van der Waals surface area contributed by atoms with Gasteiger partial charge in [-0.1, -0.05) is 23.7 Å². The molecule has 2 N–H and O–H groups in total. The zero-order chi connectivity index (χ0) is 24.5. The van der Waals surface area contributed by atoms with E-state index in [4.69, 9.17) is 16.0 Å². The topological polar surface area (TPSA) is 102 Å². The SMILES string of the molecule is Cc1nn(C)c2nc(-c3ccco3)cc(C(=O)Nc3ccccc3NC(=O)c3ccc(Cl)cc3)c12. The van der Waals surface area contributed by atoms with Crippen LogP contribution in [0.25, 0.3) is 22.5 Å². The van der Waals surface area contributed by atoms with Gasteiger partial charge < -0.3 is 15.1 Å². The van der Waals surface area contributed by atoms with Gasteiger partial charge in [0, 0.05) is 17.6 Å². The molecule has 0 bridgehead atoms. The van der Waals surface area contributed by atoms with Crippen LogP contribution in [0, 0.1) is 6.92 Å². The van der Waals surface area contributed by atoms with E-state index in [0.29, 0.717) is 55.7 Å². The summed E-state index contributed by atoms with van der Waals surface area (Å²) in [5.41, 5.74) is 3.50. The van der Waals surface area contributed by atoms with Gasteiger partial charge in [-0.3, -0.25) is 14.3 Å². The van der Waals surface area contributed by atoms with Crippen LogP contribution in [0.5, 0.6) is 0 Å². The number of amides is 2. The Kier molecular flexibility index (Phi) is 5.80. The predicted octanol–water partition coefficient (Wildman–Crippen LogP) is 5.69. The van der Waals surface area contributed by atoms with Gasteiger partial charge in [0.15, 0.2) is 11.4 Å². The number of benzene rings is 2. The second kappa shape index (κ2) is 9.08. The van der Waals surface area contributed by atoms with Crippen LogP contribution in [0.2, 0.25) is 5.02 Å². The molecule has 8 nitrogen and oxygen atoms in total. The van der Waals surface area contributed by atoms with E-state index in [0.717, 1.165) is 0 Å². The summed E-state index contributed by atoms with van der Waals surface area (Å²) in [6.45, 7) is 1.83. The number of rotatable bonds is 5. The zero-order valence-corrected chi connectivity index (χ0v) is 19.6. The third kappa shape index (κ3) is 4.39. The lowest BCUT2D eigenvalue weighted by molar-refractivity contribution is 0.101. The van der Waals surface area contributed by atoms with Crippen molar-refractivity contribution in [2.24, 2.45) is 7.05 Å². The average molecular weight is 486 g/mol. The number of anilines is 2. The fraction of sp³-hybridized carbons (Fsp3) is 0.0769. The minimum absolute atomic E-state index is 0.321. The molecule has 0 radical (unpaired) electrons. The summed E-state index contributed by atoms with van der Waals surface area (Å²) in [4.78, 5) is 30.9. The van der Waals surface area contributed by atoms with Gasteiger partial charge in [-0.05, 0) is 61.5 Å². The molecule has 0 aliphatic rings. The molecule has 0 saturated heterocycles. The highest BCUT2D eigenvalue weighted by Gasteiger charge is 2.21. The highest BCUT2D eigenvalue weighted by atomic mass is 35.5. The molecule has 3 aromatic heterocycles. The first-order valence-corrected chi connectivity index (χ1v) is 11.1. The number of para-hydroxylation sites is 2. The number of halogens is 1. The Morgan fingerprint density at radius 1 is 0.943 bits per heavy atom. The largest absolute Gasteiger partial charge is 0.463 e. The molecule has 0 aliphatic carbocycles. The van der Waals surface area contributed by atoms with E-state index in [1.54, 1.807) is 84.7 Å². The predicted molar refractivity (Wildman–Crippen MR) is 135 cm³/mol. The van der Waals surface area contributed by atoms with Gasteiger partial charge in [0.1, 0.15) is 5.69 Å². The van der Waals surface area contributed by atoms with Gasteiger partial charge in [0.05, 0.1) is 34.3 Å². The Hall–Kier alpha value is -4.43. The van der Waals surface area contributed by atoms with Crippen LogP contribution < -0.4 is 10.6 Å². The van der Waals surface area contributed by atoms with Crippen LogP contribution in [0.1, 0.15) is 26.4 Å². The van der Waals surface area contributed by atoms with E-state index in [1.807, 2.05) is 6.92 Å². The number of nitrogens with zero attached hydrogens (tertiary/aromatic N) is 3. The fourth-order valence-corrected chi connectivity index (χ4v) is 3.99. The smallest absolute Gasteiger partial charge is 0.256 e. The molecular weight excluding hydrogens is 466 g/mol. The number of carbonyl (C=O) groups is 2. The first-order valence-electron chi connectivity index (χ1n) is 10.8. The van der Waals surface area contributed by atoms with Crippen molar-refractivity contribution in [1.29, 1.82) is 0 Å². The highest BCUT2D eigenvalue weighted by Crippen LogP contribution is 2.29. The normalized spacial score (nSPS) is 10.9. The van der Waals surface area contributed by atoms with Crippen LogP contribution in [0.15, 0.2) is 77.4 Å². The molecule has 35 heavy (non-hydrogen) atoms. The van der Waals surface area contributed by atoms with Crippen LogP contribution >= 0.6 is 11.6 Å². The summed E-state index contributed by atoms with van der Waals surface area (Å²) >= 11 is 5.92. The minimum atomic E-state index is -0.366. The molecule has 0 unspecified atom stereocenters. The summed E-state index contributed by atoms with van der Waals surface area (Å²) in [7, 11) is 1.78. The van der Waals surface area contributed by atoms with Gasteiger partial charge in [-0.2, -0.15) is 5.10 Å². The molecular formula is C26H20ClN5O3. The van der Waals surface area contributed by atoms with Crippen molar-refractivity contribution in [3.05, 3.63) is 94.8 Å². The number of nitrogens with one attached hydrogen (secondary N) is 2. The lowest BCUT2D eigenvalue weighted by Gasteiger charge is -2.13. The van der Waals surface area contributed by atoms with Gasteiger partial charge in [-0.25, -0.2) is 4.98 Å². The van der Waals surface area contributed by atoms with E-state index in [1.165, 1.54) is 0 Å². The average Bonchev–Trinajstić information content (AvgIpc) is 3.48. The third-order valence-corrected chi connectivity index (χ3v) is 5.77. The van der Waals surface area contributed by atoms with E-state index in [9.17, 15) is 9.59 Å². The van der Waals surface area contributed by atoms with Crippen molar-refractivity contribution in [2.75, 3.05) is 10.6 Å².